The van der Waals surface area contributed by atoms with Crippen molar-refractivity contribution in [1.29, 1.82) is 0 Å². The second kappa shape index (κ2) is 8.98. The number of hydrogen-bond donors (Lipinski definition) is 2. The molecule has 0 saturated carbocycles. The van der Waals surface area contributed by atoms with E-state index in [1.54, 1.807) is 6.07 Å². The van der Waals surface area contributed by atoms with Crippen molar-refractivity contribution < 1.29 is 28.9 Å². The molecule has 142 valence electrons. The zero-order valence-corrected chi connectivity index (χ0v) is 14.6. The third kappa shape index (κ3) is 4.94. The highest BCUT2D eigenvalue weighted by Crippen LogP contribution is 2.18. The lowest BCUT2D eigenvalue weighted by atomic mass is 10.0. The zero-order valence-electron chi connectivity index (χ0n) is 14.6. The standard InChI is InChI=1S/C18H24N2O6/c21-17(22)12-26-16-11-25-7-4-15(16)19-18(23)13-2-1-3-14(10-13)20-5-8-24-9-6-20/h1-3,10,15-16H,4-9,11-12H2,(H,19,23)(H,21,22)/t15-,16-/m1/s1. The summed E-state index contributed by atoms with van der Waals surface area (Å²) in [7, 11) is 0. The SMILES string of the molecule is O=C(O)CO[C@@H]1COCC[C@H]1NC(=O)c1cccc(N2CCOCC2)c1. The van der Waals surface area contributed by atoms with E-state index in [-0.39, 0.29) is 18.6 Å². The molecule has 1 amide bonds. The van der Waals surface area contributed by atoms with Gasteiger partial charge in [0.2, 0.25) is 0 Å². The van der Waals surface area contributed by atoms with Crippen molar-refractivity contribution >= 4 is 17.6 Å². The number of carbonyl (C=O) groups is 2. The third-order valence-electron chi connectivity index (χ3n) is 4.53. The summed E-state index contributed by atoms with van der Waals surface area (Å²) in [5.74, 6) is -1.24. The number of ether oxygens (including phenoxy) is 3. The maximum Gasteiger partial charge on any atom is 0.329 e. The Bertz CT molecular complexity index is 632. The van der Waals surface area contributed by atoms with Crippen LogP contribution in [0.15, 0.2) is 24.3 Å². The van der Waals surface area contributed by atoms with Crippen LogP contribution in [0.1, 0.15) is 16.8 Å². The summed E-state index contributed by atoms with van der Waals surface area (Å²) in [6.45, 7) is 3.33. The van der Waals surface area contributed by atoms with Gasteiger partial charge in [-0.3, -0.25) is 4.79 Å². The van der Waals surface area contributed by atoms with E-state index in [2.05, 4.69) is 10.2 Å². The molecule has 1 aromatic rings. The highest BCUT2D eigenvalue weighted by atomic mass is 16.5. The average molecular weight is 364 g/mol. The van der Waals surface area contributed by atoms with Gasteiger partial charge in [-0.25, -0.2) is 4.79 Å². The van der Waals surface area contributed by atoms with Gasteiger partial charge < -0.3 is 29.5 Å². The van der Waals surface area contributed by atoms with E-state index in [1.165, 1.54) is 0 Å². The molecule has 2 fully saturated rings. The Morgan fingerprint density at radius 3 is 2.81 bits per heavy atom. The van der Waals surface area contributed by atoms with E-state index in [1.807, 2.05) is 18.2 Å². The molecule has 2 saturated heterocycles. The van der Waals surface area contributed by atoms with Gasteiger partial charge in [0.15, 0.2) is 0 Å². The molecule has 0 aliphatic carbocycles. The molecule has 2 heterocycles. The summed E-state index contributed by atoms with van der Waals surface area (Å²) >= 11 is 0. The van der Waals surface area contributed by atoms with Crippen LogP contribution in [0.5, 0.6) is 0 Å². The first-order valence-corrected chi connectivity index (χ1v) is 8.78. The number of morpholine rings is 1. The van der Waals surface area contributed by atoms with Gasteiger partial charge in [0.1, 0.15) is 12.7 Å². The summed E-state index contributed by atoms with van der Waals surface area (Å²) in [6.07, 6.45) is 0.116. The number of carboxylic acids is 1. The van der Waals surface area contributed by atoms with E-state index < -0.39 is 18.7 Å². The fourth-order valence-corrected chi connectivity index (χ4v) is 3.14. The van der Waals surface area contributed by atoms with Gasteiger partial charge >= 0.3 is 5.97 Å². The van der Waals surface area contributed by atoms with Crippen molar-refractivity contribution in [1.82, 2.24) is 5.32 Å². The van der Waals surface area contributed by atoms with Crippen LogP contribution in [0.3, 0.4) is 0 Å². The Morgan fingerprint density at radius 1 is 1.23 bits per heavy atom. The number of benzene rings is 1. The number of aliphatic carboxylic acids is 1. The van der Waals surface area contributed by atoms with Gasteiger partial charge in [-0.05, 0) is 24.6 Å². The molecule has 8 nitrogen and oxygen atoms in total. The molecule has 2 atom stereocenters. The van der Waals surface area contributed by atoms with Crippen LogP contribution in [0, 0.1) is 0 Å². The van der Waals surface area contributed by atoms with Gasteiger partial charge in [-0.1, -0.05) is 6.07 Å². The van der Waals surface area contributed by atoms with E-state index in [4.69, 9.17) is 19.3 Å². The Balaban J connectivity index is 1.63. The Labute approximate surface area is 152 Å². The number of nitrogens with zero attached hydrogens (tertiary/aromatic N) is 1. The Morgan fingerprint density at radius 2 is 2.04 bits per heavy atom. The summed E-state index contributed by atoms with van der Waals surface area (Å²) in [5, 5.41) is 11.7. The molecule has 0 unspecified atom stereocenters. The second-order valence-corrected chi connectivity index (χ2v) is 6.34. The maximum atomic E-state index is 12.7. The molecule has 1 aromatic carbocycles. The van der Waals surface area contributed by atoms with E-state index in [0.29, 0.717) is 31.8 Å². The zero-order chi connectivity index (χ0) is 18.4. The number of amides is 1. The number of carboxylic acid groups (broad SMARTS) is 1. The quantitative estimate of drug-likeness (QED) is 0.759. The van der Waals surface area contributed by atoms with Gasteiger partial charge in [-0.2, -0.15) is 0 Å². The molecule has 0 bridgehead atoms. The van der Waals surface area contributed by atoms with Crippen LogP contribution in [0.2, 0.25) is 0 Å². The highest BCUT2D eigenvalue weighted by Gasteiger charge is 2.29. The first-order chi connectivity index (χ1) is 12.6. The van der Waals surface area contributed by atoms with Crippen LogP contribution in [0.4, 0.5) is 5.69 Å². The van der Waals surface area contributed by atoms with Crippen LogP contribution < -0.4 is 10.2 Å². The first kappa shape index (κ1) is 18.6. The van der Waals surface area contributed by atoms with Crippen molar-refractivity contribution in [3.8, 4) is 0 Å². The monoisotopic (exact) mass is 364 g/mol. The van der Waals surface area contributed by atoms with Crippen LogP contribution in [-0.2, 0) is 19.0 Å². The molecule has 2 N–H and O–H groups in total. The molecule has 8 heteroatoms. The molecule has 0 radical (unpaired) electrons. The van der Waals surface area contributed by atoms with Gasteiger partial charge in [0.05, 0.1) is 25.9 Å². The Hall–Kier alpha value is -2.16. The lowest BCUT2D eigenvalue weighted by molar-refractivity contribution is -0.148. The fourth-order valence-electron chi connectivity index (χ4n) is 3.14. The molecule has 0 aromatic heterocycles. The van der Waals surface area contributed by atoms with Crippen molar-refractivity contribution in [2.45, 2.75) is 18.6 Å². The predicted octanol–water partition coefficient (Wildman–Crippen LogP) is 0.512. The molecular formula is C18H24N2O6. The van der Waals surface area contributed by atoms with Crippen LogP contribution in [0.25, 0.3) is 0 Å². The van der Waals surface area contributed by atoms with Gasteiger partial charge in [-0.15, -0.1) is 0 Å². The highest BCUT2D eigenvalue weighted by molar-refractivity contribution is 5.95. The fraction of sp³-hybridized carbons (Fsp3) is 0.556. The van der Waals surface area contributed by atoms with Crippen LogP contribution >= 0.6 is 0 Å². The number of carbonyl (C=O) groups excluding carboxylic acids is 1. The lowest BCUT2D eigenvalue weighted by Crippen LogP contribution is -2.50. The van der Waals surface area contributed by atoms with Crippen molar-refractivity contribution in [2.75, 3.05) is 51.0 Å². The largest absolute Gasteiger partial charge is 0.480 e. The maximum absolute atomic E-state index is 12.7. The molecule has 2 aliphatic rings. The summed E-state index contributed by atoms with van der Waals surface area (Å²) in [4.78, 5) is 25.6. The van der Waals surface area contributed by atoms with Crippen molar-refractivity contribution in [3.63, 3.8) is 0 Å². The molecule has 2 aliphatic heterocycles. The normalized spacial score (nSPS) is 23.5. The minimum atomic E-state index is -1.04. The summed E-state index contributed by atoms with van der Waals surface area (Å²) in [5.41, 5.74) is 1.56. The van der Waals surface area contributed by atoms with E-state index in [9.17, 15) is 9.59 Å². The van der Waals surface area contributed by atoms with Crippen molar-refractivity contribution in [3.05, 3.63) is 29.8 Å². The minimum absolute atomic E-state index is 0.198. The topological polar surface area (TPSA) is 97.3 Å². The van der Waals surface area contributed by atoms with E-state index >= 15 is 0 Å². The number of nitrogens with one attached hydrogen (secondary N) is 1. The van der Waals surface area contributed by atoms with Gasteiger partial charge in [0, 0.05) is 30.9 Å². The van der Waals surface area contributed by atoms with E-state index in [0.717, 1.165) is 18.8 Å². The molecule has 26 heavy (non-hydrogen) atoms. The van der Waals surface area contributed by atoms with Crippen LogP contribution in [-0.4, -0.2) is 75.3 Å². The number of hydrogen-bond acceptors (Lipinski definition) is 6. The number of anilines is 1. The summed E-state index contributed by atoms with van der Waals surface area (Å²) < 4.78 is 16.1. The summed E-state index contributed by atoms with van der Waals surface area (Å²) in [6, 6.07) is 7.21. The molecule has 0 spiro atoms. The second-order valence-electron chi connectivity index (χ2n) is 6.34. The van der Waals surface area contributed by atoms with Crippen molar-refractivity contribution in [2.24, 2.45) is 0 Å². The lowest BCUT2D eigenvalue weighted by Gasteiger charge is -2.32. The first-order valence-electron chi connectivity index (χ1n) is 8.78. The van der Waals surface area contributed by atoms with Gasteiger partial charge in [0.25, 0.3) is 5.91 Å². The Kier molecular flexibility index (Phi) is 6.43. The number of rotatable bonds is 6. The molecular weight excluding hydrogens is 340 g/mol. The third-order valence-corrected chi connectivity index (χ3v) is 4.53. The minimum Gasteiger partial charge on any atom is -0.480 e. The average Bonchev–Trinajstić information content (AvgIpc) is 2.68. The molecule has 3 rings (SSSR count). The smallest absolute Gasteiger partial charge is 0.329 e. The predicted molar refractivity (Wildman–Crippen MR) is 93.5 cm³/mol.